The molecule has 0 aliphatic carbocycles. The summed E-state index contributed by atoms with van der Waals surface area (Å²) in [5, 5.41) is 11.6. The first-order valence-corrected chi connectivity index (χ1v) is 8.36. The number of H-pyrrole nitrogens is 1. The van der Waals surface area contributed by atoms with Crippen LogP contribution in [0.4, 0.5) is 0 Å². The molecule has 2 aromatic carbocycles. The van der Waals surface area contributed by atoms with Crippen LogP contribution in [0.1, 0.15) is 11.5 Å². The van der Waals surface area contributed by atoms with E-state index in [1.165, 1.54) is 0 Å². The summed E-state index contributed by atoms with van der Waals surface area (Å²) in [4.78, 5) is 4.49. The Morgan fingerprint density at radius 1 is 1.12 bits per heavy atom. The second-order valence-electron chi connectivity index (χ2n) is 5.70. The number of nitrogens with zero attached hydrogens (tertiary/aromatic N) is 3. The zero-order valence-electron chi connectivity index (χ0n) is 13.9. The van der Waals surface area contributed by atoms with Gasteiger partial charge >= 0.3 is 0 Å². The van der Waals surface area contributed by atoms with Crippen molar-refractivity contribution < 1.29 is 9.26 Å². The third kappa shape index (κ3) is 3.32. The zero-order valence-corrected chi connectivity index (χ0v) is 14.7. The van der Waals surface area contributed by atoms with Crippen molar-refractivity contribution in [3.05, 3.63) is 71.2 Å². The fourth-order valence-corrected chi connectivity index (χ4v) is 2.89. The maximum absolute atomic E-state index is 6.28. The van der Waals surface area contributed by atoms with Gasteiger partial charge in [0.2, 0.25) is 11.7 Å². The molecule has 4 aromatic rings. The predicted molar refractivity (Wildman–Crippen MR) is 98.1 cm³/mol. The van der Waals surface area contributed by atoms with E-state index in [1.54, 1.807) is 19.4 Å². The van der Waals surface area contributed by atoms with Crippen LogP contribution in [0.2, 0.25) is 5.02 Å². The average Bonchev–Trinajstić information content (AvgIpc) is 3.35. The Morgan fingerprint density at radius 2 is 2.00 bits per heavy atom. The number of nitrogens with one attached hydrogen (secondary N) is 1. The topological polar surface area (TPSA) is 76.8 Å². The van der Waals surface area contributed by atoms with Crippen molar-refractivity contribution in [2.24, 2.45) is 0 Å². The van der Waals surface area contributed by atoms with E-state index in [1.807, 2.05) is 42.5 Å². The van der Waals surface area contributed by atoms with Gasteiger partial charge in [-0.15, -0.1) is 0 Å². The van der Waals surface area contributed by atoms with E-state index < -0.39 is 0 Å². The highest BCUT2D eigenvalue weighted by atomic mass is 35.5. The number of aromatic amines is 1. The van der Waals surface area contributed by atoms with Crippen LogP contribution in [-0.4, -0.2) is 27.4 Å². The van der Waals surface area contributed by atoms with E-state index in [0.717, 1.165) is 22.4 Å². The van der Waals surface area contributed by atoms with Crippen molar-refractivity contribution in [3.63, 3.8) is 0 Å². The smallest absolute Gasteiger partial charge is 0.231 e. The second kappa shape index (κ2) is 7.01. The van der Waals surface area contributed by atoms with E-state index in [-0.39, 0.29) is 0 Å². The molecule has 0 bridgehead atoms. The Kier molecular flexibility index (Phi) is 4.41. The normalized spacial score (nSPS) is 10.8. The molecule has 0 fully saturated rings. The van der Waals surface area contributed by atoms with E-state index in [4.69, 9.17) is 20.9 Å². The summed E-state index contributed by atoms with van der Waals surface area (Å²) in [5.41, 5.74) is 3.70. The molecule has 0 amide bonds. The van der Waals surface area contributed by atoms with Crippen LogP contribution in [-0.2, 0) is 6.42 Å². The van der Waals surface area contributed by atoms with E-state index in [2.05, 4.69) is 20.3 Å². The number of methoxy groups -OCH3 is 1. The molecule has 1 N–H and O–H groups in total. The molecule has 0 aliphatic heterocycles. The van der Waals surface area contributed by atoms with Crippen molar-refractivity contribution in [2.75, 3.05) is 7.11 Å². The average molecular weight is 367 g/mol. The molecule has 0 saturated heterocycles. The lowest BCUT2D eigenvalue weighted by molar-refractivity contribution is 0.385. The third-order valence-corrected chi connectivity index (χ3v) is 4.35. The van der Waals surface area contributed by atoms with Crippen molar-refractivity contribution >= 4 is 11.6 Å². The van der Waals surface area contributed by atoms with Crippen LogP contribution in [0.15, 0.2) is 59.3 Å². The lowest BCUT2D eigenvalue weighted by Crippen LogP contribution is -1.91. The summed E-state index contributed by atoms with van der Waals surface area (Å²) >= 11 is 6.28. The highest BCUT2D eigenvalue weighted by Gasteiger charge is 2.12. The summed E-state index contributed by atoms with van der Waals surface area (Å²) in [6, 6.07) is 15.3. The summed E-state index contributed by atoms with van der Waals surface area (Å²) < 4.78 is 10.6. The lowest BCUT2D eigenvalue weighted by atomic mass is 10.1. The predicted octanol–water partition coefficient (Wildman–Crippen LogP) is 4.38. The first kappa shape index (κ1) is 16.4. The number of rotatable bonds is 5. The molecule has 0 unspecified atom stereocenters. The molecule has 6 nitrogen and oxygen atoms in total. The van der Waals surface area contributed by atoms with Gasteiger partial charge in [0.05, 0.1) is 19.2 Å². The number of aromatic nitrogens is 4. The van der Waals surface area contributed by atoms with Gasteiger partial charge in [0, 0.05) is 22.3 Å². The molecule has 0 saturated carbocycles. The van der Waals surface area contributed by atoms with Gasteiger partial charge in [-0.05, 0) is 29.8 Å². The molecular weight excluding hydrogens is 352 g/mol. The van der Waals surface area contributed by atoms with Crippen LogP contribution in [0, 0.1) is 0 Å². The standard InChI is InChI=1S/C19H15ClN4O2/c1-25-15-6-5-12(16(20)11-15)10-18-22-19(24-26-18)14-4-2-3-13(9-14)17-7-8-21-23-17/h2-9,11H,10H2,1H3,(H,21,23). The van der Waals surface area contributed by atoms with Gasteiger partial charge in [0.25, 0.3) is 0 Å². The van der Waals surface area contributed by atoms with E-state index in [0.29, 0.717) is 28.9 Å². The molecule has 2 aromatic heterocycles. The van der Waals surface area contributed by atoms with Crippen molar-refractivity contribution in [2.45, 2.75) is 6.42 Å². The van der Waals surface area contributed by atoms with Crippen molar-refractivity contribution in [3.8, 4) is 28.4 Å². The number of ether oxygens (including phenoxy) is 1. The highest BCUT2D eigenvalue weighted by Crippen LogP contribution is 2.26. The van der Waals surface area contributed by atoms with E-state index in [9.17, 15) is 0 Å². The van der Waals surface area contributed by atoms with Gasteiger partial charge in [-0.25, -0.2) is 0 Å². The summed E-state index contributed by atoms with van der Waals surface area (Å²) in [6.07, 6.45) is 2.17. The summed E-state index contributed by atoms with van der Waals surface area (Å²) in [5.74, 6) is 1.74. The van der Waals surface area contributed by atoms with Crippen LogP contribution >= 0.6 is 11.6 Å². The first-order valence-electron chi connectivity index (χ1n) is 7.98. The minimum Gasteiger partial charge on any atom is -0.497 e. The summed E-state index contributed by atoms with van der Waals surface area (Å²) in [6.45, 7) is 0. The fraction of sp³-hybridized carbons (Fsp3) is 0.105. The fourth-order valence-electron chi connectivity index (χ4n) is 2.65. The van der Waals surface area contributed by atoms with Gasteiger partial charge in [0.1, 0.15) is 5.75 Å². The number of benzene rings is 2. The Balaban J connectivity index is 1.58. The van der Waals surface area contributed by atoms with E-state index >= 15 is 0 Å². The first-order chi connectivity index (χ1) is 12.7. The maximum atomic E-state index is 6.28. The van der Waals surface area contributed by atoms with Crippen molar-refractivity contribution in [1.82, 2.24) is 20.3 Å². The Labute approximate surface area is 154 Å². The van der Waals surface area contributed by atoms with Crippen LogP contribution in [0.25, 0.3) is 22.6 Å². The van der Waals surface area contributed by atoms with Crippen LogP contribution < -0.4 is 4.74 Å². The molecule has 4 rings (SSSR count). The van der Waals surface area contributed by atoms with Gasteiger partial charge in [-0.2, -0.15) is 10.1 Å². The Bertz CT molecular complexity index is 1030. The minimum absolute atomic E-state index is 0.454. The SMILES string of the molecule is COc1ccc(Cc2nc(-c3cccc(-c4ccn[nH]4)c3)no2)c(Cl)c1. The largest absolute Gasteiger partial charge is 0.497 e. The summed E-state index contributed by atoms with van der Waals surface area (Å²) in [7, 11) is 1.60. The van der Waals surface area contributed by atoms with Crippen LogP contribution in [0.5, 0.6) is 5.75 Å². The molecular formula is C19H15ClN4O2. The number of halogens is 1. The molecule has 0 aliphatic rings. The maximum Gasteiger partial charge on any atom is 0.231 e. The van der Waals surface area contributed by atoms with Gasteiger partial charge in [-0.1, -0.05) is 41.0 Å². The molecule has 0 atom stereocenters. The Morgan fingerprint density at radius 3 is 2.77 bits per heavy atom. The van der Waals surface area contributed by atoms with Gasteiger partial charge < -0.3 is 9.26 Å². The molecule has 0 spiro atoms. The zero-order chi connectivity index (χ0) is 17.9. The second-order valence-corrected chi connectivity index (χ2v) is 6.10. The minimum atomic E-state index is 0.454. The third-order valence-electron chi connectivity index (χ3n) is 4.00. The quantitative estimate of drug-likeness (QED) is 0.567. The molecule has 130 valence electrons. The van der Waals surface area contributed by atoms with Crippen LogP contribution in [0.3, 0.4) is 0 Å². The lowest BCUT2D eigenvalue weighted by Gasteiger charge is -2.04. The van der Waals surface area contributed by atoms with Gasteiger partial charge in [0.15, 0.2) is 0 Å². The number of hydrogen-bond acceptors (Lipinski definition) is 5. The van der Waals surface area contributed by atoms with Crippen molar-refractivity contribution in [1.29, 1.82) is 0 Å². The highest BCUT2D eigenvalue weighted by molar-refractivity contribution is 6.31. The molecule has 26 heavy (non-hydrogen) atoms. The van der Waals surface area contributed by atoms with Gasteiger partial charge in [-0.3, -0.25) is 5.10 Å². The monoisotopic (exact) mass is 366 g/mol. The Hall–Kier alpha value is -3.12. The molecule has 2 heterocycles. The molecule has 7 heteroatoms. The number of hydrogen-bond donors (Lipinski definition) is 1. The molecule has 0 radical (unpaired) electrons.